The molecule has 3 nitrogen and oxygen atoms in total. The number of halogens is 1. The Kier molecular flexibility index (Phi) is 5.61. The smallest absolute Gasteiger partial charge is 0.133 e. The molecule has 0 unspecified atom stereocenters. The first kappa shape index (κ1) is 14.8. The standard InChI is InChI=1S/C15H24BrN3/c1-3-8-14-17-13(16)11-15(18-14)19(4-2)12-9-6-5-7-10-12/h11-12H,3-10H2,1-2H3. The first-order valence-electron chi connectivity index (χ1n) is 7.54. The van der Waals surface area contributed by atoms with Crippen LogP contribution in [0.5, 0.6) is 0 Å². The van der Waals surface area contributed by atoms with E-state index in [4.69, 9.17) is 4.98 Å². The molecule has 1 saturated carbocycles. The lowest BCUT2D eigenvalue weighted by Crippen LogP contribution is -2.37. The second-order valence-corrected chi connectivity index (χ2v) is 6.11. The predicted octanol–water partition coefficient (Wildman–Crippen LogP) is 4.35. The normalized spacial score (nSPS) is 16.6. The van der Waals surface area contributed by atoms with Gasteiger partial charge in [-0.2, -0.15) is 0 Å². The number of rotatable bonds is 5. The zero-order chi connectivity index (χ0) is 13.7. The maximum absolute atomic E-state index is 4.75. The minimum Gasteiger partial charge on any atom is -0.354 e. The fraction of sp³-hybridized carbons (Fsp3) is 0.733. The van der Waals surface area contributed by atoms with Crippen molar-refractivity contribution >= 4 is 21.7 Å². The van der Waals surface area contributed by atoms with Crippen LogP contribution in [0.2, 0.25) is 0 Å². The van der Waals surface area contributed by atoms with Crippen LogP contribution in [0.4, 0.5) is 5.82 Å². The zero-order valence-corrected chi connectivity index (χ0v) is 13.6. The predicted molar refractivity (Wildman–Crippen MR) is 83.6 cm³/mol. The summed E-state index contributed by atoms with van der Waals surface area (Å²) in [7, 11) is 0. The van der Waals surface area contributed by atoms with Crippen LogP contribution < -0.4 is 4.90 Å². The largest absolute Gasteiger partial charge is 0.354 e. The third-order valence-electron chi connectivity index (χ3n) is 3.85. The van der Waals surface area contributed by atoms with Gasteiger partial charge in [-0.05, 0) is 42.1 Å². The molecule has 0 saturated heterocycles. The molecule has 0 spiro atoms. The Morgan fingerprint density at radius 2 is 1.95 bits per heavy atom. The van der Waals surface area contributed by atoms with E-state index in [2.05, 4.69) is 45.7 Å². The topological polar surface area (TPSA) is 29.0 Å². The van der Waals surface area contributed by atoms with Gasteiger partial charge in [0.05, 0.1) is 0 Å². The van der Waals surface area contributed by atoms with E-state index in [1.54, 1.807) is 0 Å². The van der Waals surface area contributed by atoms with Crippen molar-refractivity contribution in [3.05, 3.63) is 16.5 Å². The molecule has 4 heteroatoms. The van der Waals surface area contributed by atoms with E-state index in [1.807, 2.05) is 0 Å². The Bertz CT molecular complexity index is 402. The molecule has 19 heavy (non-hydrogen) atoms. The van der Waals surface area contributed by atoms with Crippen LogP contribution in [0.15, 0.2) is 10.7 Å². The fourth-order valence-electron chi connectivity index (χ4n) is 2.93. The highest BCUT2D eigenvalue weighted by Crippen LogP contribution is 2.27. The minimum absolute atomic E-state index is 0.662. The number of aromatic nitrogens is 2. The number of hydrogen-bond donors (Lipinski definition) is 0. The summed E-state index contributed by atoms with van der Waals surface area (Å²) in [6, 6.07) is 2.73. The molecule has 1 heterocycles. The SMILES string of the molecule is CCCc1nc(Br)cc(N(CC)C2CCCCC2)n1. The Morgan fingerprint density at radius 3 is 2.58 bits per heavy atom. The lowest BCUT2D eigenvalue weighted by Gasteiger charge is -2.34. The van der Waals surface area contributed by atoms with Gasteiger partial charge in [0.25, 0.3) is 0 Å². The van der Waals surface area contributed by atoms with Gasteiger partial charge in [-0.15, -0.1) is 0 Å². The van der Waals surface area contributed by atoms with E-state index in [-0.39, 0.29) is 0 Å². The van der Waals surface area contributed by atoms with Crippen LogP contribution in [-0.2, 0) is 6.42 Å². The summed E-state index contributed by atoms with van der Waals surface area (Å²) < 4.78 is 0.912. The van der Waals surface area contributed by atoms with Gasteiger partial charge in [0.15, 0.2) is 0 Å². The molecule has 2 rings (SSSR count). The molecule has 0 aromatic carbocycles. The zero-order valence-electron chi connectivity index (χ0n) is 12.0. The number of anilines is 1. The third kappa shape index (κ3) is 3.91. The monoisotopic (exact) mass is 325 g/mol. The van der Waals surface area contributed by atoms with Crippen molar-refractivity contribution in [1.29, 1.82) is 0 Å². The van der Waals surface area contributed by atoms with E-state index in [0.717, 1.165) is 35.6 Å². The Hall–Kier alpha value is -0.640. The summed E-state index contributed by atoms with van der Waals surface area (Å²) in [4.78, 5) is 11.7. The molecule has 0 N–H and O–H groups in total. The Labute approximate surface area is 125 Å². The maximum atomic E-state index is 4.75. The molecule has 0 atom stereocenters. The lowest BCUT2D eigenvalue weighted by atomic mass is 9.94. The first-order valence-corrected chi connectivity index (χ1v) is 8.34. The molecular formula is C15H24BrN3. The molecular weight excluding hydrogens is 302 g/mol. The van der Waals surface area contributed by atoms with E-state index in [1.165, 1.54) is 32.1 Å². The van der Waals surface area contributed by atoms with Crippen LogP contribution in [0.3, 0.4) is 0 Å². The second-order valence-electron chi connectivity index (χ2n) is 5.29. The summed E-state index contributed by atoms with van der Waals surface area (Å²) in [5.74, 6) is 2.06. The lowest BCUT2D eigenvalue weighted by molar-refractivity contribution is 0.416. The molecule has 1 aliphatic rings. The number of nitrogens with zero attached hydrogens (tertiary/aromatic N) is 3. The highest BCUT2D eigenvalue weighted by molar-refractivity contribution is 9.10. The van der Waals surface area contributed by atoms with Gasteiger partial charge in [-0.1, -0.05) is 26.2 Å². The fourth-order valence-corrected chi connectivity index (χ4v) is 3.34. The highest BCUT2D eigenvalue weighted by atomic mass is 79.9. The molecule has 0 amide bonds. The Balaban J connectivity index is 2.21. The molecule has 0 aliphatic heterocycles. The molecule has 106 valence electrons. The van der Waals surface area contributed by atoms with Gasteiger partial charge >= 0.3 is 0 Å². The van der Waals surface area contributed by atoms with Crippen LogP contribution in [0.25, 0.3) is 0 Å². The average Bonchev–Trinajstić information content (AvgIpc) is 2.40. The van der Waals surface area contributed by atoms with Gasteiger partial charge in [0.2, 0.25) is 0 Å². The van der Waals surface area contributed by atoms with Gasteiger partial charge in [-0.25, -0.2) is 9.97 Å². The van der Waals surface area contributed by atoms with E-state index in [9.17, 15) is 0 Å². The van der Waals surface area contributed by atoms with E-state index < -0.39 is 0 Å². The molecule has 1 fully saturated rings. The quantitative estimate of drug-likeness (QED) is 0.753. The summed E-state index contributed by atoms with van der Waals surface area (Å²) >= 11 is 3.53. The average molecular weight is 326 g/mol. The minimum atomic E-state index is 0.662. The van der Waals surface area contributed by atoms with Crippen LogP contribution >= 0.6 is 15.9 Å². The van der Waals surface area contributed by atoms with Crippen molar-refractivity contribution in [3.8, 4) is 0 Å². The van der Waals surface area contributed by atoms with Gasteiger partial charge < -0.3 is 4.90 Å². The van der Waals surface area contributed by atoms with Crippen LogP contribution in [0.1, 0.15) is 58.2 Å². The molecule has 1 aromatic heterocycles. The van der Waals surface area contributed by atoms with Crippen molar-refractivity contribution in [2.45, 2.75) is 64.8 Å². The van der Waals surface area contributed by atoms with E-state index >= 15 is 0 Å². The highest BCUT2D eigenvalue weighted by Gasteiger charge is 2.21. The van der Waals surface area contributed by atoms with Crippen molar-refractivity contribution in [1.82, 2.24) is 9.97 Å². The first-order chi connectivity index (χ1) is 9.24. The molecule has 1 aromatic rings. The van der Waals surface area contributed by atoms with Crippen LogP contribution in [-0.4, -0.2) is 22.6 Å². The number of hydrogen-bond acceptors (Lipinski definition) is 3. The molecule has 0 bridgehead atoms. The summed E-state index contributed by atoms with van der Waals surface area (Å²) in [5.41, 5.74) is 0. The van der Waals surface area contributed by atoms with E-state index in [0.29, 0.717) is 6.04 Å². The van der Waals surface area contributed by atoms with Gasteiger partial charge in [0.1, 0.15) is 16.2 Å². The summed E-state index contributed by atoms with van der Waals surface area (Å²) in [5, 5.41) is 0. The van der Waals surface area contributed by atoms with Crippen molar-refractivity contribution < 1.29 is 0 Å². The summed E-state index contributed by atoms with van der Waals surface area (Å²) in [6.45, 7) is 5.42. The Morgan fingerprint density at radius 1 is 1.21 bits per heavy atom. The van der Waals surface area contributed by atoms with Crippen molar-refractivity contribution in [2.24, 2.45) is 0 Å². The molecule has 0 radical (unpaired) electrons. The van der Waals surface area contributed by atoms with Crippen molar-refractivity contribution in [3.63, 3.8) is 0 Å². The summed E-state index contributed by atoms with van der Waals surface area (Å²) in [6.07, 6.45) is 8.75. The second kappa shape index (κ2) is 7.22. The van der Waals surface area contributed by atoms with Gasteiger partial charge in [-0.3, -0.25) is 0 Å². The van der Waals surface area contributed by atoms with Gasteiger partial charge in [0, 0.05) is 25.1 Å². The third-order valence-corrected chi connectivity index (χ3v) is 4.26. The van der Waals surface area contributed by atoms with Crippen molar-refractivity contribution in [2.75, 3.05) is 11.4 Å². The molecule has 1 aliphatic carbocycles. The van der Waals surface area contributed by atoms with Crippen LogP contribution in [0, 0.1) is 0 Å². The number of aryl methyl sites for hydroxylation is 1. The maximum Gasteiger partial charge on any atom is 0.133 e.